The van der Waals surface area contributed by atoms with Crippen LogP contribution in [0.5, 0.6) is 5.75 Å². The van der Waals surface area contributed by atoms with Crippen molar-refractivity contribution in [3.05, 3.63) is 64.5 Å². The summed E-state index contributed by atoms with van der Waals surface area (Å²) in [5.74, 6) is 0.808. The second kappa shape index (κ2) is 8.12. The van der Waals surface area contributed by atoms with E-state index >= 15 is 0 Å². The van der Waals surface area contributed by atoms with Gasteiger partial charge in [0.1, 0.15) is 5.75 Å². The summed E-state index contributed by atoms with van der Waals surface area (Å²) in [5, 5.41) is 1.89. The van der Waals surface area contributed by atoms with Gasteiger partial charge in [0.15, 0.2) is 0 Å². The fourth-order valence-electron chi connectivity index (χ4n) is 2.82. The van der Waals surface area contributed by atoms with Crippen molar-refractivity contribution in [2.75, 3.05) is 38.2 Å². The van der Waals surface area contributed by atoms with Crippen molar-refractivity contribution in [3.8, 4) is 5.75 Å². The molecule has 0 spiro atoms. The molecule has 0 N–H and O–H groups in total. The molecule has 138 valence electrons. The van der Waals surface area contributed by atoms with E-state index in [4.69, 9.17) is 16.3 Å². The van der Waals surface area contributed by atoms with E-state index in [2.05, 4.69) is 4.90 Å². The van der Waals surface area contributed by atoms with Crippen LogP contribution in [0.4, 0.5) is 5.69 Å². The van der Waals surface area contributed by atoms with Gasteiger partial charge in [-0.15, -0.1) is 0 Å². The highest BCUT2D eigenvalue weighted by atomic mass is 35.5. The van der Waals surface area contributed by atoms with Crippen molar-refractivity contribution >= 4 is 33.4 Å². The predicted octanol–water partition coefficient (Wildman–Crippen LogP) is 3.47. The summed E-state index contributed by atoms with van der Waals surface area (Å²) in [6.45, 7) is 2.22. The topological polar surface area (TPSA) is 49.9 Å². The maximum absolute atomic E-state index is 12.5. The summed E-state index contributed by atoms with van der Waals surface area (Å²) < 4.78 is 31.7. The molecule has 1 fully saturated rings. The summed E-state index contributed by atoms with van der Waals surface area (Å²) >= 11 is 5.84. The second-order valence-electron chi connectivity index (χ2n) is 5.98. The SMILES string of the molecule is COc1ccc(N2CCN(S(=O)(=O)/C=C/c3ccc(Cl)cc3)CC2)cc1. The molecule has 5 nitrogen and oxygen atoms in total. The largest absolute Gasteiger partial charge is 0.497 e. The average Bonchev–Trinajstić information content (AvgIpc) is 2.68. The Morgan fingerprint density at radius 1 is 0.962 bits per heavy atom. The molecule has 3 rings (SSSR count). The number of nitrogens with zero attached hydrogens (tertiary/aromatic N) is 2. The van der Waals surface area contributed by atoms with Crippen LogP contribution < -0.4 is 9.64 Å². The number of sulfonamides is 1. The normalized spacial score (nSPS) is 16.2. The fourth-order valence-corrected chi connectivity index (χ4v) is 4.12. The third-order valence-electron chi connectivity index (χ3n) is 4.34. The molecule has 7 heteroatoms. The quantitative estimate of drug-likeness (QED) is 0.781. The fraction of sp³-hybridized carbons (Fsp3) is 0.263. The maximum Gasteiger partial charge on any atom is 0.236 e. The maximum atomic E-state index is 12.5. The zero-order valence-corrected chi connectivity index (χ0v) is 16.1. The number of hydrogen-bond donors (Lipinski definition) is 0. The van der Waals surface area contributed by atoms with Gasteiger partial charge < -0.3 is 9.64 Å². The Morgan fingerprint density at radius 2 is 1.58 bits per heavy atom. The zero-order valence-electron chi connectivity index (χ0n) is 14.5. The van der Waals surface area contributed by atoms with Crippen molar-refractivity contribution < 1.29 is 13.2 Å². The van der Waals surface area contributed by atoms with Gasteiger partial charge in [0.25, 0.3) is 0 Å². The Hall–Kier alpha value is -2.02. The molecule has 0 bridgehead atoms. The Kier molecular flexibility index (Phi) is 5.86. The van der Waals surface area contributed by atoms with Crippen molar-refractivity contribution in [1.82, 2.24) is 4.31 Å². The molecule has 1 aliphatic heterocycles. The van der Waals surface area contributed by atoms with E-state index in [1.165, 1.54) is 9.71 Å². The van der Waals surface area contributed by atoms with Crippen LogP contribution in [0.15, 0.2) is 53.9 Å². The number of ether oxygens (including phenoxy) is 1. The number of rotatable bonds is 5. The Balaban J connectivity index is 1.61. The van der Waals surface area contributed by atoms with Gasteiger partial charge in [-0.05, 0) is 48.0 Å². The van der Waals surface area contributed by atoms with E-state index in [-0.39, 0.29) is 0 Å². The van der Waals surface area contributed by atoms with Gasteiger partial charge in [-0.1, -0.05) is 23.7 Å². The Labute approximate surface area is 159 Å². The summed E-state index contributed by atoms with van der Waals surface area (Å²) in [7, 11) is -1.80. The van der Waals surface area contributed by atoms with Crippen LogP contribution in [-0.2, 0) is 10.0 Å². The smallest absolute Gasteiger partial charge is 0.236 e. The molecular formula is C19H21ClN2O3S. The lowest BCUT2D eigenvalue weighted by molar-refractivity contribution is 0.389. The molecule has 0 aliphatic carbocycles. The minimum absolute atomic E-state index is 0.458. The highest BCUT2D eigenvalue weighted by Gasteiger charge is 2.25. The molecule has 0 saturated carbocycles. The van der Waals surface area contributed by atoms with Crippen LogP contribution >= 0.6 is 11.6 Å². The van der Waals surface area contributed by atoms with Gasteiger partial charge >= 0.3 is 0 Å². The van der Waals surface area contributed by atoms with Gasteiger partial charge in [-0.3, -0.25) is 0 Å². The number of anilines is 1. The van der Waals surface area contributed by atoms with E-state index in [0.717, 1.165) is 17.0 Å². The van der Waals surface area contributed by atoms with Crippen LogP contribution in [0, 0.1) is 0 Å². The lowest BCUT2D eigenvalue weighted by atomic mass is 10.2. The summed E-state index contributed by atoms with van der Waals surface area (Å²) in [6, 6.07) is 14.8. The van der Waals surface area contributed by atoms with E-state index in [1.54, 1.807) is 37.5 Å². The van der Waals surface area contributed by atoms with E-state index in [1.807, 2.05) is 24.3 Å². The first-order valence-corrected chi connectivity index (χ1v) is 10.2. The average molecular weight is 393 g/mol. The minimum Gasteiger partial charge on any atom is -0.497 e. The van der Waals surface area contributed by atoms with Gasteiger partial charge in [-0.25, -0.2) is 8.42 Å². The standard InChI is InChI=1S/C19H21ClN2O3S/c1-25-19-8-6-18(7-9-19)21-11-13-22(14-12-21)26(23,24)15-10-16-2-4-17(20)5-3-16/h2-10,15H,11-14H2,1H3/b15-10+. The van der Waals surface area contributed by atoms with Crippen molar-refractivity contribution in [2.45, 2.75) is 0 Å². The molecule has 0 amide bonds. The molecule has 1 heterocycles. The monoisotopic (exact) mass is 392 g/mol. The number of benzene rings is 2. The predicted molar refractivity (Wildman–Crippen MR) is 106 cm³/mol. The summed E-state index contributed by atoms with van der Waals surface area (Å²) in [6.07, 6.45) is 1.60. The Bertz CT molecular complexity index is 857. The minimum atomic E-state index is -3.43. The molecule has 0 radical (unpaired) electrons. The van der Waals surface area contributed by atoms with Crippen LogP contribution in [-0.4, -0.2) is 46.0 Å². The number of methoxy groups -OCH3 is 1. The molecule has 1 aliphatic rings. The molecule has 0 atom stereocenters. The third-order valence-corrected chi connectivity index (χ3v) is 6.16. The third kappa shape index (κ3) is 4.58. The summed E-state index contributed by atoms with van der Waals surface area (Å²) in [5.41, 5.74) is 1.87. The van der Waals surface area contributed by atoms with Crippen LogP contribution in [0.3, 0.4) is 0 Å². The molecular weight excluding hydrogens is 372 g/mol. The van der Waals surface area contributed by atoms with Crippen LogP contribution in [0.1, 0.15) is 5.56 Å². The highest BCUT2D eigenvalue weighted by molar-refractivity contribution is 7.92. The first-order valence-electron chi connectivity index (χ1n) is 8.31. The molecule has 26 heavy (non-hydrogen) atoms. The first kappa shape index (κ1) is 18.8. The van der Waals surface area contributed by atoms with Gasteiger partial charge in [-0.2, -0.15) is 4.31 Å². The van der Waals surface area contributed by atoms with Crippen LogP contribution in [0.2, 0.25) is 5.02 Å². The van der Waals surface area contributed by atoms with Gasteiger partial charge in [0.05, 0.1) is 7.11 Å². The molecule has 2 aromatic rings. The summed E-state index contributed by atoms with van der Waals surface area (Å²) in [4.78, 5) is 2.17. The molecule has 0 aromatic heterocycles. The van der Waals surface area contributed by atoms with Crippen molar-refractivity contribution in [1.29, 1.82) is 0 Å². The molecule has 0 unspecified atom stereocenters. The van der Waals surface area contributed by atoms with E-state index < -0.39 is 10.0 Å². The van der Waals surface area contributed by atoms with Gasteiger partial charge in [0.2, 0.25) is 10.0 Å². The van der Waals surface area contributed by atoms with Crippen LogP contribution in [0.25, 0.3) is 6.08 Å². The first-order chi connectivity index (χ1) is 12.5. The molecule has 2 aromatic carbocycles. The highest BCUT2D eigenvalue weighted by Crippen LogP contribution is 2.21. The number of halogens is 1. The Morgan fingerprint density at radius 3 is 2.15 bits per heavy atom. The lowest BCUT2D eigenvalue weighted by Crippen LogP contribution is -2.48. The second-order valence-corrected chi connectivity index (χ2v) is 8.24. The lowest BCUT2D eigenvalue weighted by Gasteiger charge is -2.34. The van der Waals surface area contributed by atoms with E-state index in [0.29, 0.717) is 31.2 Å². The zero-order chi connectivity index (χ0) is 18.6. The van der Waals surface area contributed by atoms with E-state index in [9.17, 15) is 8.42 Å². The number of piperazine rings is 1. The van der Waals surface area contributed by atoms with Crippen molar-refractivity contribution in [2.24, 2.45) is 0 Å². The van der Waals surface area contributed by atoms with Gasteiger partial charge in [0, 0.05) is 42.3 Å². The van der Waals surface area contributed by atoms with Crippen molar-refractivity contribution in [3.63, 3.8) is 0 Å². The number of hydrogen-bond acceptors (Lipinski definition) is 4. The molecule has 1 saturated heterocycles.